The normalized spacial score (nSPS) is 91.2. The first kappa shape index (κ1) is 4.13. The van der Waals surface area contributed by atoms with Crippen LogP contribution in [-0.4, -0.2) is 0 Å². The van der Waals surface area contributed by atoms with Crippen molar-refractivity contribution in [1.29, 1.82) is 0 Å². The molecule has 0 saturated heterocycles. The summed E-state index contributed by atoms with van der Waals surface area (Å²) >= 11 is 0. The van der Waals surface area contributed by atoms with E-state index >= 15 is 0 Å². The van der Waals surface area contributed by atoms with Crippen molar-refractivity contribution in [2.24, 2.45) is 47.3 Å². The zero-order valence-corrected chi connectivity index (χ0v) is 6.03. The molecule has 0 aromatic heterocycles. The van der Waals surface area contributed by atoms with Gasteiger partial charge in [-0.25, -0.2) is 0 Å². The van der Waals surface area contributed by atoms with Crippen LogP contribution in [0.15, 0.2) is 0 Å². The van der Waals surface area contributed by atoms with E-state index in [2.05, 4.69) is 0 Å². The molecule has 0 atom stereocenters. The van der Waals surface area contributed by atoms with Gasteiger partial charge in [0.1, 0.15) is 0 Å². The van der Waals surface area contributed by atoms with E-state index in [1.165, 1.54) is 47.3 Å². The lowest BCUT2D eigenvalue weighted by Gasteiger charge is -2.59. The van der Waals surface area contributed by atoms with Gasteiger partial charge < -0.3 is 0 Å². The lowest BCUT2D eigenvalue weighted by atomic mass is 9.45. The molecule has 6 rings (SSSR count). The monoisotopic (exact) mass is 132 g/mol. The van der Waals surface area contributed by atoms with Gasteiger partial charge in [-0.1, -0.05) is 0 Å². The second kappa shape index (κ2) is 0.852. The molecule has 4 bridgehead atoms. The molecular weight excluding hydrogens is 120 g/mol. The molecule has 6 aliphatic rings. The van der Waals surface area contributed by atoms with Crippen LogP contribution in [0.25, 0.3) is 0 Å². The predicted octanol–water partition coefficient (Wildman–Crippen LogP) is 1.76. The molecule has 0 aliphatic heterocycles. The van der Waals surface area contributed by atoms with Gasteiger partial charge in [-0.2, -0.15) is 0 Å². The Bertz CT molecular complexity index is 178. The Balaban J connectivity index is 1.93. The van der Waals surface area contributed by atoms with Crippen LogP contribution < -0.4 is 0 Å². The summed E-state index contributed by atoms with van der Waals surface area (Å²) in [5.41, 5.74) is 0. The predicted molar refractivity (Wildman–Crippen MR) is 37.2 cm³/mol. The Kier molecular flexibility index (Phi) is 0.352. The largest absolute Gasteiger partial charge is 0.0464 e. The minimum Gasteiger partial charge on any atom is -0.0464 e. The maximum atomic E-state index is 1.68. The van der Waals surface area contributed by atoms with Crippen LogP contribution in [0.4, 0.5) is 0 Å². The Labute approximate surface area is 61.0 Å². The van der Waals surface area contributed by atoms with Crippen LogP contribution in [0, 0.1) is 47.3 Å². The molecule has 0 heteroatoms. The highest BCUT2D eigenvalue weighted by atomic mass is 14.9. The standard InChI is InChI=1S/C10H12/c1-3-7-5-2-6-9(7)4(1)10(6)8(3)5/h3-10H,1-2H2. The van der Waals surface area contributed by atoms with E-state index in [1.54, 1.807) is 12.8 Å². The van der Waals surface area contributed by atoms with Gasteiger partial charge >= 0.3 is 0 Å². The van der Waals surface area contributed by atoms with Crippen LogP contribution in [0.5, 0.6) is 0 Å². The van der Waals surface area contributed by atoms with Crippen LogP contribution in [0.3, 0.4) is 0 Å². The smallest absolute Gasteiger partial charge is 0.0318 e. The zero-order valence-electron chi connectivity index (χ0n) is 6.03. The second-order valence-electron chi connectivity index (χ2n) is 5.44. The Morgan fingerprint density at radius 2 is 0.800 bits per heavy atom. The minimum absolute atomic E-state index is 1.28. The maximum absolute atomic E-state index is 1.68. The fourth-order valence-electron chi connectivity index (χ4n) is 6.17. The molecule has 6 aliphatic carbocycles. The van der Waals surface area contributed by atoms with Crippen LogP contribution >= 0.6 is 0 Å². The Hall–Kier alpha value is 0. The third-order valence-electron chi connectivity index (χ3n) is 5.93. The highest BCUT2D eigenvalue weighted by Crippen LogP contribution is 2.88. The van der Waals surface area contributed by atoms with Gasteiger partial charge in [0.2, 0.25) is 0 Å². The summed E-state index contributed by atoms with van der Waals surface area (Å²) in [6, 6.07) is 0. The van der Waals surface area contributed by atoms with Crippen molar-refractivity contribution >= 4 is 0 Å². The second-order valence-corrected chi connectivity index (χ2v) is 5.44. The first-order valence-electron chi connectivity index (χ1n) is 4.97. The lowest BCUT2D eigenvalue weighted by molar-refractivity contribution is -0.127. The molecule has 0 amide bonds. The molecule has 0 radical (unpaired) electrons. The molecule has 6 fully saturated rings. The van der Waals surface area contributed by atoms with Crippen molar-refractivity contribution in [3.05, 3.63) is 0 Å². The first-order valence-corrected chi connectivity index (χ1v) is 4.97. The lowest BCUT2D eigenvalue weighted by Crippen LogP contribution is -2.56. The van der Waals surface area contributed by atoms with Gasteiger partial charge in [-0.05, 0) is 60.2 Å². The van der Waals surface area contributed by atoms with Gasteiger partial charge in [-0.3, -0.25) is 0 Å². The van der Waals surface area contributed by atoms with Crippen LogP contribution in [0.2, 0.25) is 0 Å². The van der Waals surface area contributed by atoms with E-state index in [9.17, 15) is 0 Å². The third-order valence-corrected chi connectivity index (χ3v) is 5.93. The van der Waals surface area contributed by atoms with Gasteiger partial charge in [0.25, 0.3) is 0 Å². The SMILES string of the molecule is C1C2C3C4CC5C3C1C5C24. The molecule has 0 aromatic carbocycles. The summed E-state index contributed by atoms with van der Waals surface area (Å²) in [4.78, 5) is 0. The number of hydrogen-bond acceptors (Lipinski definition) is 0. The van der Waals surface area contributed by atoms with E-state index in [-0.39, 0.29) is 0 Å². The maximum Gasteiger partial charge on any atom is -0.0318 e. The summed E-state index contributed by atoms with van der Waals surface area (Å²) in [5, 5.41) is 0. The average Bonchev–Trinajstić information content (AvgIpc) is 2.41. The summed E-state index contributed by atoms with van der Waals surface area (Å²) in [5.74, 6) is 10.3. The molecule has 0 aromatic rings. The number of rotatable bonds is 0. The topological polar surface area (TPSA) is 0 Å². The summed E-state index contributed by atoms with van der Waals surface area (Å²) < 4.78 is 0. The summed E-state index contributed by atoms with van der Waals surface area (Å²) in [6.07, 6.45) is 3.36. The van der Waals surface area contributed by atoms with E-state index in [4.69, 9.17) is 0 Å². The van der Waals surface area contributed by atoms with Crippen molar-refractivity contribution in [3.63, 3.8) is 0 Å². The molecule has 0 unspecified atom stereocenters. The number of hydrogen-bond donors (Lipinski definition) is 0. The molecule has 0 N–H and O–H groups in total. The van der Waals surface area contributed by atoms with E-state index in [1.807, 2.05) is 0 Å². The third kappa shape index (κ3) is 0.170. The van der Waals surface area contributed by atoms with Gasteiger partial charge in [-0.15, -0.1) is 0 Å². The van der Waals surface area contributed by atoms with E-state index in [0.29, 0.717) is 0 Å². The minimum atomic E-state index is 1.28. The quantitative estimate of drug-likeness (QED) is 0.471. The molecule has 0 spiro atoms. The molecular formula is C10H12. The molecule has 6 saturated carbocycles. The average molecular weight is 132 g/mol. The molecule has 0 nitrogen and oxygen atoms in total. The van der Waals surface area contributed by atoms with Gasteiger partial charge in [0.15, 0.2) is 0 Å². The molecule has 52 valence electrons. The van der Waals surface area contributed by atoms with Crippen molar-refractivity contribution < 1.29 is 0 Å². The van der Waals surface area contributed by atoms with Gasteiger partial charge in [0, 0.05) is 0 Å². The van der Waals surface area contributed by atoms with E-state index < -0.39 is 0 Å². The highest BCUT2D eigenvalue weighted by molar-refractivity contribution is 5.30. The van der Waals surface area contributed by atoms with Crippen LogP contribution in [0.1, 0.15) is 12.8 Å². The van der Waals surface area contributed by atoms with Crippen molar-refractivity contribution in [1.82, 2.24) is 0 Å². The zero-order chi connectivity index (χ0) is 6.03. The van der Waals surface area contributed by atoms with Gasteiger partial charge in [0.05, 0.1) is 0 Å². The molecule has 0 heterocycles. The van der Waals surface area contributed by atoms with Crippen LogP contribution in [-0.2, 0) is 0 Å². The van der Waals surface area contributed by atoms with Crippen molar-refractivity contribution in [3.8, 4) is 0 Å². The summed E-state index contributed by atoms with van der Waals surface area (Å²) in [6.45, 7) is 0. The fraction of sp³-hybridized carbons (Fsp3) is 1.00. The summed E-state index contributed by atoms with van der Waals surface area (Å²) in [7, 11) is 0. The highest BCUT2D eigenvalue weighted by Gasteiger charge is 2.83. The fourth-order valence-corrected chi connectivity index (χ4v) is 6.17. The van der Waals surface area contributed by atoms with Crippen molar-refractivity contribution in [2.45, 2.75) is 12.8 Å². The molecule has 10 heavy (non-hydrogen) atoms. The van der Waals surface area contributed by atoms with Crippen molar-refractivity contribution in [2.75, 3.05) is 0 Å². The Morgan fingerprint density at radius 1 is 0.500 bits per heavy atom. The Morgan fingerprint density at radius 3 is 1.10 bits per heavy atom. The van der Waals surface area contributed by atoms with E-state index in [0.717, 1.165) is 0 Å². The first-order chi connectivity index (χ1) is 4.97.